The molecule has 1 amide bonds. The van der Waals surface area contributed by atoms with Crippen LogP contribution in [0.15, 0.2) is 24.3 Å². The van der Waals surface area contributed by atoms with Gasteiger partial charge in [0.05, 0.1) is 11.6 Å². The van der Waals surface area contributed by atoms with Crippen molar-refractivity contribution in [2.75, 3.05) is 13.1 Å². The zero-order valence-electron chi connectivity index (χ0n) is 11.2. The largest absolute Gasteiger partial charge is 0.416 e. The number of benzene rings is 1. The summed E-state index contributed by atoms with van der Waals surface area (Å²) in [6.45, 7) is 3.58. The third-order valence-electron chi connectivity index (χ3n) is 3.45. The Labute approximate surface area is 115 Å². The minimum absolute atomic E-state index is 0.0126. The van der Waals surface area contributed by atoms with E-state index in [1.807, 2.05) is 6.92 Å². The lowest BCUT2D eigenvalue weighted by Gasteiger charge is -2.32. The first-order valence-corrected chi connectivity index (χ1v) is 6.60. The summed E-state index contributed by atoms with van der Waals surface area (Å²) in [6.07, 6.45) is -3.61. The van der Waals surface area contributed by atoms with E-state index in [1.165, 1.54) is 12.1 Å². The van der Waals surface area contributed by atoms with Crippen LogP contribution in [0, 0.1) is 0 Å². The Balaban J connectivity index is 2.04. The van der Waals surface area contributed by atoms with Gasteiger partial charge in [0, 0.05) is 19.6 Å². The summed E-state index contributed by atoms with van der Waals surface area (Å²) in [5.74, 6) is 0.0126. The van der Waals surface area contributed by atoms with Gasteiger partial charge in [-0.3, -0.25) is 4.79 Å². The molecule has 0 saturated carbocycles. The summed E-state index contributed by atoms with van der Waals surface area (Å²) in [4.78, 5) is 13.8. The van der Waals surface area contributed by atoms with Crippen LogP contribution in [0.5, 0.6) is 0 Å². The predicted molar refractivity (Wildman–Crippen MR) is 68.9 cm³/mol. The van der Waals surface area contributed by atoms with Crippen molar-refractivity contribution in [2.45, 2.75) is 32.1 Å². The maximum absolute atomic E-state index is 12.5. The Morgan fingerprint density at radius 3 is 2.50 bits per heavy atom. The average Bonchev–Trinajstić information content (AvgIpc) is 2.41. The monoisotopic (exact) mass is 286 g/mol. The van der Waals surface area contributed by atoms with Crippen LogP contribution in [-0.4, -0.2) is 29.9 Å². The lowest BCUT2D eigenvalue weighted by Crippen LogP contribution is -2.54. The molecule has 0 spiro atoms. The first kappa shape index (κ1) is 14.8. The number of hydrogen-bond donors (Lipinski definition) is 1. The lowest BCUT2D eigenvalue weighted by molar-refractivity contribution is -0.138. The van der Waals surface area contributed by atoms with Gasteiger partial charge < -0.3 is 10.2 Å². The molecule has 20 heavy (non-hydrogen) atoms. The number of rotatable bonds is 3. The highest BCUT2D eigenvalue weighted by atomic mass is 19.4. The standard InChI is InChI=1S/C14H17F3N2O/c1-2-12-13(20)19(8-7-18-12)9-10-3-5-11(6-4-10)14(15,16)17/h3-6,12,18H,2,7-9H2,1H3. The molecule has 1 saturated heterocycles. The molecular weight excluding hydrogens is 269 g/mol. The fourth-order valence-corrected chi connectivity index (χ4v) is 2.29. The Bertz CT molecular complexity index is 470. The second-order valence-electron chi connectivity index (χ2n) is 4.87. The number of nitrogens with one attached hydrogen (secondary N) is 1. The van der Waals surface area contributed by atoms with Crippen LogP contribution in [0.2, 0.25) is 0 Å². The number of amides is 1. The summed E-state index contributed by atoms with van der Waals surface area (Å²) in [5.41, 5.74) is 0.0439. The second kappa shape index (κ2) is 5.83. The summed E-state index contributed by atoms with van der Waals surface area (Å²) in [6, 6.07) is 4.79. The number of carbonyl (C=O) groups excluding carboxylic acids is 1. The molecule has 1 aliphatic rings. The molecule has 6 heteroatoms. The van der Waals surface area contributed by atoms with E-state index in [0.29, 0.717) is 31.6 Å². The van der Waals surface area contributed by atoms with E-state index in [-0.39, 0.29) is 11.9 Å². The van der Waals surface area contributed by atoms with E-state index < -0.39 is 11.7 Å². The summed E-state index contributed by atoms with van der Waals surface area (Å²) >= 11 is 0. The van der Waals surface area contributed by atoms with E-state index in [2.05, 4.69) is 5.32 Å². The van der Waals surface area contributed by atoms with Crippen molar-refractivity contribution < 1.29 is 18.0 Å². The number of hydrogen-bond acceptors (Lipinski definition) is 2. The molecule has 3 nitrogen and oxygen atoms in total. The summed E-state index contributed by atoms with van der Waals surface area (Å²) in [5, 5.41) is 3.12. The molecule has 2 rings (SSSR count). The van der Waals surface area contributed by atoms with Crippen LogP contribution in [0.3, 0.4) is 0 Å². The maximum atomic E-state index is 12.5. The highest BCUT2D eigenvalue weighted by Crippen LogP contribution is 2.29. The fourth-order valence-electron chi connectivity index (χ4n) is 2.29. The Hall–Kier alpha value is -1.56. The molecule has 1 N–H and O–H groups in total. The predicted octanol–water partition coefficient (Wildman–Crippen LogP) is 2.42. The molecule has 0 radical (unpaired) electrons. The van der Waals surface area contributed by atoms with Crippen LogP contribution in [0.1, 0.15) is 24.5 Å². The van der Waals surface area contributed by atoms with Gasteiger partial charge in [-0.05, 0) is 24.1 Å². The van der Waals surface area contributed by atoms with Gasteiger partial charge in [0.2, 0.25) is 5.91 Å². The summed E-state index contributed by atoms with van der Waals surface area (Å²) in [7, 11) is 0. The number of nitrogens with zero attached hydrogens (tertiary/aromatic N) is 1. The van der Waals surface area contributed by atoms with Crippen molar-refractivity contribution in [1.82, 2.24) is 10.2 Å². The van der Waals surface area contributed by atoms with Gasteiger partial charge in [0.1, 0.15) is 0 Å². The molecule has 0 bridgehead atoms. The Morgan fingerprint density at radius 2 is 1.95 bits per heavy atom. The molecule has 1 atom stereocenters. The fraction of sp³-hybridized carbons (Fsp3) is 0.500. The second-order valence-corrected chi connectivity index (χ2v) is 4.87. The highest BCUT2D eigenvalue weighted by molar-refractivity contribution is 5.82. The van der Waals surface area contributed by atoms with Gasteiger partial charge in [-0.15, -0.1) is 0 Å². The third kappa shape index (κ3) is 3.30. The molecule has 110 valence electrons. The van der Waals surface area contributed by atoms with Gasteiger partial charge in [-0.1, -0.05) is 19.1 Å². The Morgan fingerprint density at radius 1 is 1.30 bits per heavy atom. The van der Waals surface area contributed by atoms with E-state index >= 15 is 0 Å². The molecular formula is C14H17F3N2O. The minimum atomic E-state index is -4.32. The van der Waals surface area contributed by atoms with E-state index in [0.717, 1.165) is 12.1 Å². The molecule has 0 aromatic heterocycles. The van der Waals surface area contributed by atoms with Crippen LogP contribution >= 0.6 is 0 Å². The van der Waals surface area contributed by atoms with Crippen molar-refractivity contribution in [1.29, 1.82) is 0 Å². The van der Waals surface area contributed by atoms with Crippen molar-refractivity contribution in [3.05, 3.63) is 35.4 Å². The van der Waals surface area contributed by atoms with Crippen LogP contribution < -0.4 is 5.32 Å². The van der Waals surface area contributed by atoms with E-state index in [1.54, 1.807) is 4.90 Å². The molecule has 1 aromatic carbocycles. The number of carbonyl (C=O) groups is 1. The number of halogens is 3. The highest BCUT2D eigenvalue weighted by Gasteiger charge is 2.30. The zero-order valence-corrected chi connectivity index (χ0v) is 11.2. The van der Waals surface area contributed by atoms with Crippen molar-refractivity contribution >= 4 is 5.91 Å². The van der Waals surface area contributed by atoms with Crippen molar-refractivity contribution in [3.8, 4) is 0 Å². The quantitative estimate of drug-likeness (QED) is 0.925. The minimum Gasteiger partial charge on any atom is -0.336 e. The molecule has 1 unspecified atom stereocenters. The van der Waals surface area contributed by atoms with Gasteiger partial charge in [-0.25, -0.2) is 0 Å². The first-order chi connectivity index (χ1) is 9.41. The molecule has 1 aromatic rings. The van der Waals surface area contributed by atoms with Gasteiger partial charge in [0.25, 0.3) is 0 Å². The van der Waals surface area contributed by atoms with Crippen LogP contribution in [0.25, 0.3) is 0 Å². The first-order valence-electron chi connectivity index (χ1n) is 6.60. The van der Waals surface area contributed by atoms with E-state index in [9.17, 15) is 18.0 Å². The van der Waals surface area contributed by atoms with Crippen LogP contribution in [0.4, 0.5) is 13.2 Å². The maximum Gasteiger partial charge on any atom is 0.416 e. The molecule has 1 fully saturated rings. The zero-order chi connectivity index (χ0) is 14.8. The summed E-state index contributed by atoms with van der Waals surface area (Å²) < 4.78 is 37.4. The number of piperazine rings is 1. The van der Waals surface area contributed by atoms with Gasteiger partial charge in [-0.2, -0.15) is 13.2 Å². The van der Waals surface area contributed by atoms with Crippen molar-refractivity contribution in [3.63, 3.8) is 0 Å². The SMILES string of the molecule is CCC1NCCN(Cc2ccc(C(F)(F)F)cc2)C1=O. The Kier molecular flexibility index (Phi) is 4.32. The normalized spacial score (nSPS) is 20.3. The van der Waals surface area contributed by atoms with Crippen LogP contribution in [-0.2, 0) is 17.5 Å². The van der Waals surface area contributed by atoms with Gasteiger partial charge in [0.15, 0.2) is 0 Å². The topological polar surface area (TPSA) is 32.3 Å². The average molecular weight is 286 g/mol. The number of alkyl halides is 3. The smallest absolute Gasteiger partial charge is 0.336 e. The lowest BCUT2D eigenvalue weighted by atomic mass is 10.1. The molecule has 1 heterocycles. The molecule has 1 aliphatic heterocycles. The molecule has 0 aliphatic carbocycles. The third-order valence-corrected chi connectivity index (χ3v) is 3.45. The van der Waals surface area contributed by atoms with E-state index in [4.69, 9.17) is 0 Å². The van der Waals surface area contributed by atoms with Crippen molar-refractivity contribution in [2.24, 2.45) is 0 Å². The van der Waals surface area contributed by atoms with Gasteiger partial charge >= 0.3 is 6.18 Å².